The number of para-hydroxylation sites is 2. The van der Waals surface area contributed by atoms with E-state index in [-0.39, 0.29) is 23.1 Å². The second-order valence-electron chi connectivity index (χ2n) is 7.42. The summed E-state index contributed by atoms with van der Waals surface area (Å²) in [4.78, 5) is 27.0. The topological polar surface area (TPSA) is 58.6 Å². The number of nitrogens with zero attached hydrogens (tertiary/aromatic N) is 1. The summed E-state index contributed by atoms with van der Waals surface area (Å²) in [6.45, 7) is 2.48. The van der Waals surface area contributed by atoms with Crippen LogP contribution in [0.15, 0.2) is 48.5 Å². The predicted molar refractivity (Wildman–Crippen MR) is 117 cm³/mol. The van der Waals surface area contributed by atoms with Gasteiger partial charge in [0.1, 0.15) is 11.1 Å². The van der Waals surface area contributed by atoms with E-state index < -0.39 is 0 Å². The molecular formula is C23H26N2O3S. The van der Waals surface area contributed by atoms with Gasteiger partial charge in [-0.25, -0.2) is 0 Å². The van der Waals surface area contributed by atoms with Crippen LogP contribution >= 0.6 is 11.8 Å². The van der Waals surface area contributed by atoms with Crippen molar-refractivity contribution in [3.63, 3.8) is 0 Å². The van der Waals surface area contributed by atoms with Crippen LogP contribution in [0.3, 0.4) is 0 Å². The van der Waals surface area contributed by atoms with Crippen LogP contribution in [0.1, 0.15) is 43.5 Å². The molecule has 29 heavy (non-hydrogen) atoms. The van der Waals surface area contributed by atoms with Gasteiger partial charge in [-0.15, -0.1) is 11.8 Å². The van der Waals surface area contributed by atoms with Crippen molar-refractivity contribution in [3.8, 4) is 5.75 Å². The van der Waals surface area contributed by atoms with Gasteiger partial charge in [0.05, 0.1) is 18.0 Å². The number of ether oxygens (including phenoxy) is 1. The number of nitrogens with one attached hydrogen (secondary N) is 1. The third-order valence-corrected chi connectivity index (χ3v) is 6.67. The minimum atomic E-state index is -0.146. The lowest BCUT2D eigenvalue weighted by Gasteiger charge is -2.26. The third-order valence-electron chi connectivity index (χ3n) is 5.46. The SMILES string of the molecule is CCOc1ccccc1N1C(=O)CSC1c1cccc(NC(=O)C2CCCC2)c1. The maximum atomic E-state index is 12.7. The molecule has 2 fully saturated rings. The first kappa shape index (κ1) is 19.8. The van der Waals surface area contributed by atoms with E-state index in [4.69, 9.17) is 4.74 Å². The molecule has 6 heteroatoms. The lowest BCUT2D eigenvalue weighted by molar-refractivity contribution is -0.119. The Morgan fingerprint density at radius 1 is 1.17 bits per heavy atom. The molecule has 2 aromatic rings. The van der Waals surface area contributed by atoms with Crippen molar-refractivity contribution >= 4 is 35.0 Å². The average Bonchev–Trinajstić information content (AvgIpc) is 3.39. The zero-order valence-corrected chi connectivity index (χ0v) is 17.4. The van der Waals surface area contributed by atoms with Crippen LogP contribution in [0.2, 0.25) is 0 Å². The molecule has 2 aliphatic rings. The van der Waals surface area contributed by atoms with Crippen LogP contribution in [-0.2, 0) is 9.59 Å². The van der Waals surface area contributed by atoms with E-state index >= 15 is 0 Å². The van der Waals surface area contributed by atoms with Crippen molar-refractivity contribution in [1.29, 1.82) is 0 Å². The summed E-state index contributed by atoms with van der Waals surface area (Å²) in [5.41, 5.74) is 2.57. The Morgan fingerprint density at radius 3 is 2.76 bits per heavy atom. The molecule has 1 atom stereocenters. The number of benzene rings is 2. The maximum absolute atomic E-state index is 12.7. The third kappa shape index (κ3) is 4.27. The van der Waals surface area contributed by atoms with E-state index in [1.807, 2.05) is 60.4 Å². The van der Waals surface area contributed by atoms with Crippen molar-refractivity contribution in [2.75, 3.05) is 22.6 Å². The molecule has 5 nitrogen and oxygen atoms in total. The smallest absolute Gasteiger partial charge is 0.238 e. The van der Waals surface area contributed by atoms with Crippen molar-refractivity contribution in [2.24, 2.45) is 5.92 Å². The van der Waals surface area contributed by atoms with Gasteiger partial charge in [0.25, 0.3) is 0 Å². The molecule has 1 unspecified atom stereocenters. The molecule has 2 aromatic carbocycles. The van der Waals surface area contributed by atoms with E-state index in [0.717, 1.165) is 42.6 Å². The number of carbonyl (C=O) groups excluding carboxylic acids is 2. The van der Waals surface area contributed by atoms with Gasteiger partial charge in [-0.2, -0.15) is 0 Å². The second-order valence-corrected chi connectivity index (χ2v) is 8.49. The minimum Gasteiger partial charge on any atom is -0.492 e. The summed E-state index contributed by atoms with van der Waals surface area (Å²) in [5, 5.41) is 2.92. The van der Waals surface area contributed by atoms with Crippen LogP contribution in [0.5, 0.6) is 5.75 Å². The Kier molecular flexibility index (Phi) is 6.09. The van der Waals surface area contributed by atoms with E-state index in [1.54, 1.807) is 11.8 Å². The van der Waals surface area contributed by atoms with Crippen LogP contribution in [0, 0.1) is 5.92 Å². The first-order valence-electron chi connectivity index (χ1n) is 10.2. The molecule has 1 aliphatic carbocycles. The lowest BCUT2D eigenvalue weighted by atomic mass is 10.1. The van der Waals surface area contributed by atoms with Gasteiger partial charge in [-0.3, -0.25) is 14.5 Å². The standard InChI is InChI=1S/C23H26N2O3S/c1-2-28-20-13-6-5-12-19(20)25-21(26)15-29-23(25)17-10-7-11-18(14-17)24-22(27)16-8-3-4-9-16/h5-7,10-14,16,23H,2-4,8-9,15H2,1H3,(H,24,27). The largest absolute Gasteiger partial charge is 0.492 e. The quantitative estimate of drug-likeness (QED) is 0.729. The highest BCUT2D eigenvalue weighted by atomic mass is 32.2. The molecule has 2 amide bonds. The number of rotatable bonds is 6. The van der Waals surface area contributed by atoms with Gasteiger partial charge < -0.3 is 10.1 Å². The summed E-state index contributed by atoms with van der Waals surface area (Å²) < 4.78 is 5.76. The predicted octanol–water partition coefficient (Wildman–Crippen LogP) is 4.99. The Labute approximate surface area is 175 Å². The Balaban J connectivity index is 1.58. The molecule has 1 saturated heterocycles. The highest BCUT2D eigenvalue weighted by molar-refractivity contribution is 8.00. The van der Waals surface area contributed by atoms with Crippen molar-refractivity contribution in [2.45, 2.75) is 38.0 Å². The number of carbonyl (C=O) groups is 2. The van der Waals surface area contributed by atoms with Crippen LogP contribution in [-0.4, -0.2) is 24.2 Å². The van der Waals surface area contributed by atoms with Crippen molar-refractivity contribution in [1.82, 2.24) is 0 Å². The van der Waals surface area contributed by atoms with Gasteiger partial charge in [-0.1, -0.05) is 37.1 Å². The highest BCUT2D eigenvalue weighted by Gasteiger charge is 2.35. The molecule has 0 aromatic heterocycles. The van der Waals surface area contributed by atoms with Crippen LogP contribution < -0.4 is 15.0 Å². The summed E-state index contributed by atoms with van der Waals surface area (Å²) in [6.07, 6.45) is 4.21. The van der Waals surface area contributed by atoms with Crippen LogP contribution in [0.25, 0.3) is 0 Å². The number of anilines is 2. The molecule has 1 N–H and O–H groups in total. The Hall–Kier alpha value is -2.47. The maximum Gasteiger partial charge on any atom is 0.238 e. The molecule has 4 rings (SSSR count). The summed E-state index contributed by atoms with van der Waals surface area (Å²) in [7, 11) is 0. The number of amides is 2. The van der Waals surface area contributed by atoms with Crippen molar-refractivity contribution in [3.05, 3.63) is 54.1 Å². The minimum absolute atomic E-state index is 0.0625. The molecule has 1 saturated carbocycles. The van der Waals surface area contributed by atoms with E-state index in [1.165, 1.54) is 0 Å². The van der Waals surface area contributed by atoms with E-state index in [2.05, 4.69) is 5.32 Å². The van der Waals surface area contributed by atoms with Gasteiger partial charge in [0, 0.05) is 11.6 Å². The zero-order valence-electron chi connectivity index (χ0n) is 16.6. The molecular weight excluding hydrogens is 384 g/mol. The fourth-order valence-electron chi connectivity index (χ4n) is 4.07. The second kappa shape index (κ2) is 8.91. The first-order valence-corrected chi connectivity index (χ1v) is 11.3. The molecule has 0 bridgehead atoms. The van der Waals surface area contributed by atoms with Gasteiger partial charge in [0.15, 0.2) is 0 Å². The first-order chi connectivity index (χ1) is 14.2. The summed E-state index contributed by atoms with van der Waals surface area (Å²) >= 11 is 1.59. The monoisotopic (exact) mass is 410 g/mol. The lowest BCUT2D eigenvalue weighted by Crippen LogP contribution is -2.28. The molecule has 152 valence electrons. The van der Waals surface area contributed by atoms with Crippen molar-refractivity contribution < 1.29 is 14.3 Å². The molecule has 1 heterocycles. The number of thioether (sulfide) groups is 1. The highest BCUT2D eigenvalue weighted by Crippen LogP contribution is 2.45. The fourth-order valence-corrected chi connectivity index (χ4v) is 5.23. The molecule has 0 radical (unpaired) electrons. The fraction of sp³-hybridized carbons (Fsp3) is 0.391. The number of hydrogen-bond acceptors (Lipinski definition) is 4. The normalized spacial score (nSPS) is 19.6. The summed E-state index contributed by atoms with van der Waals surface area (Å²) in [5.74, 6) is 1.42. The van der Waals surface area contributed by atoms with Gasteiger partial charge in [0.2, 0.25) is 11.8 Å². The Bertz CT molecular complexity index is 895. The molecule has 0 spiro atoms. The van der Waals surface area contributed by atoms with E-state index in [0.29, 0.717) is 18.1 Å². The number of hydrogen-bond donors (Lipinski definition) is 1. The van der Waals surface area contributed by atoms with Gasteiger partial charge >= 0.3 is 0 Å². The average molecular weight is 411 g/mol. The van der Waals surface area contributed by atoms with Crippen LogP contribution in [0.4, 0.5) is 11.4 Å². The Morgan fingerprint density at radius 2 is 1.97 bits per heavy atom. The zero-order chi connectivity index (χ0) is 20.2. The van der Waals surface area contributed by atoms with E-state index in [9.17, 15) is 9.59 Å². The van der Waals surface area contributed by atoms with Gasteiger partial charge in [-0.05, 0) is 49.6 Å². The molecule has 1 aliphatic heterocycles. The summed E-state index contributed by atoms with van der Waals surface area (Å²) in [6, 6.07) is 15.5.